The summed E-state index contributed by atoms with van der Waals surface area (Å²) in [7, 11) is 2.08. The molecule has 0 aromatic heterocycles. The summed E-state index contributed by atoms with van der Waals surface area (Å²) in [4.78, 5) is 14.3. The van der Waals surface area contributed by atoms with Crippen LogP contribution >= 0.6 is 0 Å². The van der Waals surface area contributed by atoms with Gasteiger partial charge in [-0.05, 0) is 19.5 Å². The Balaban J connectivity index is 1.90. The summed E-state index contributed by atoms with van der Waals surface area (Å²) in [5, 5.41) is 1.94. The first kappa shape index (κ1) is 14.0. The number of likely N-dealkylation sites (N-methyl/N-ethyl adjacent to an activating group) is 1. The summed E-state index contributed by atoms with van der Waals surface area (Å²) < 4.78 is 0. The fourth-order valence-electron chi connectivity index (χ4n) is 2.07. The van der Waals surface area contributed by atoms with Gasteiger partial charge < -0.3 is 10.6 Å². The van der Waals surface area contributed by atoms with Crippen LogP contribution in [0.15, 0.2) is 24.3 Å². The highest BCUT2D eigenvalue weighted by Gasteiger charge is 2.20. The van der Waals surface area contributed by atoms with Gasteiger partial charge in [0.2, 0.25) is 0 Å². The lowest BCUT2D eigenvalue weighted by Gasteiger charge is -2.33. The van der Waals surface area contributed by atoms with Crippen molar-refractivity contribution in [1.82, 2.24) is 15.3 Å². The number of nitrogens with two attached hydrogens (primary N) is 1. The van der Waals surface area contributed by atoms with Crippen molar-refractivity contribution in [2.45, 2.75) is 13.0 Å². The van der Waals surface area contributed by atoms with Crippen LogP contribution in [0.5, 0.6) is 0 Å². The second-order valence-electron chi connectivity index (χ2n) is 5.15. The van der Waals surface area contributed by atoms with Crippen LogP contribution in [0, 0.1) is 6.92 Å². The summed E-state index contributed by atoms with van der Waals surface area (Å²) >= 11 is 0. The van der Waals surface area contributed by atoms with E-state index in [2.05, 4.69) is 17.4 Å². The molecule has 0 aliphatic carbocycles. The third kappa shape index (κ3) is 3.76. The highest BCUT2D eigenvalue weighted by atomic mass is 16.2. The number of hydrogen-bond acceptors (Lipinski definition) is 4. The summed E-state index contributed by atoms with van der Waals surface area (Å²) in [5.41, 5.74) is 10.9. The molecule has 1 heterocycles. The van der Waals surface area contributed by atoms with Gasteiger partial charge in [-0.15, -0.1) is 0 Å². The number of carbonyl (C=O) groups excluding carboxylic acids is 1. The van der Waals surface area contributed by atoms with Crippen LogP contribution in [0.4, 0.5) is 0 Å². The molecular weight excluding hydrogens is 240 g/mol. The molecule has 5 heteroatoms. The minimum atomic E-state index is -0.611. The minimum Gasteiger partial charge on any atom is -0.316 e. The molecule has 0 saturated carbocycles. The third-order valence-corrected chi connectivity index (χ3v) is 3.49. The number of nitrogens with zero attached hydrogens (tertiary/aromatic N) is 2. The molecule has 1 aliphatic rings. The highest BCUT2D eigenvalue weighted by molar-refractivity contribution is 5.82. The van der Waals surface area contributed by atoms with Gasteiger partial charge in [0.15, 0.2) is 0 Å². The van der Waals surface area contributed by atoms with E-state index >= 15 is 0 Å². The number of aryl methyl sites for hydroxylation is 1. The third-order valence-electron chi connectivity index (χ3n) is 3.49. The number of hydrazine groups is 1. The number of piperazine rings is 1. The average molecular weight is 262 g/mol. The molecule has 1 amide bonds. The molecule has 1 aromatic carbocycles. The van der Waals surface area contributed by atoms with Gasteiger partial charge in [-0.2, -0.15) is 0 Å². The Morgan fingerprint density at radius 3 is 2.37 bits per heavy atom. The summed E-state index contributed by atoms with van der Waals surface area (Å²) in [6.45, 7) is 5.60. The highest BCUT2D eigenvalue weighted by Crippen LogP contribution is 2.11. The van der Waals surface area contributed by atoms with Crippen LogP contribution in [-0.2, 0) is 4.79 Å². The maximum Gasteiger partial charge on any atom is 0.255 e. The van der Waals surface area contributed by atoms with Gasteiger partial charge in [-0.25, -0.2) is 5.01 Å². The molecule has 1 atom stereocenters. The molecule has 1 aliphatic heterocycles. The maximum atomic E-state index is 12.1. The van der Waals surface area contributed by atoms with Crippen LogP contribution in [0.3, 0.4) is 0 Å². The molecule has 1 saturated heterocycles. The molecule has 19 heavy (non-hydrogen) atoms. The predicted molar refractivity (Wildman–Crippen MR) is 75.3 cm³/mol. The van der Waals surface area contributed by atoms with Gasteiger partial charge in [-0.3, -0.25) is 10.2 Å². The molecule has 104 valence electrons. The van der Waals surface area contributed by atoms with Gasteiger partial charge in [-0.1, -0.05) is 29.8 Å². The first-order valence-electron chi connectivity index (χ1n) is 6.62. The zero-order chi connectivity index (χ0) is 13.8. The van der Waals surface area contributed by atoms with Crippen LogP contribution in [0.2, 0.25) is 0 Å². The Morgan fingerprint density at radius 1 is 1.21 bits per heavy atom. The van der Waals surface area contributed by atoms with Gasteiger partial charge in [0, 0.05) is 26.2 Å². The SMILES string of the molecule is Cc1ccc(C(N)C(=O)NN2CCN(C)CC2)cc1. The van der Waals surface area contributed by atoms with Gasteiger partial charge >= 0.3 is 0 Å². The lowest BCUT2D eigenvalue weighted by Crippen LogP contribution is -2.54. The lowest BCUT2D eigenvalue weighted by molar-refractivity contribution is -0.128. The smallest absolute Gasteiger partial charge is 0.255 e. The van der Waals surface area contributed by atoms with Crippen LogP contribution < -0.4 is 11.2 Å². The summed E-state index contributed by atoms with van der Waals surface area (Å²) in [6, 6.07) is 7.14. The molecule has 0 radical (unpaired) electrons. The quantitative estimate of drug-likeness (QED) is 0.821. The van der Waals surface area contributed by atoms with Gasteiger partial charge in [0.1, 0.15) is 6.04 Å². The summed E-state index contributed by atoms with van der Waals surface area (Å²) in [5.74, 6) is -0.145. The maximum absolute atomic E-state index is 12.1. The second kappa shape index (κ2) is 6.14. The first-order valence-corrected chi connectivity index (χ1v) is 6.62. The summed E-state index contributed by atoms with van der Waals surface area (Å²) in [6.07, 6.45) is 0. The molecule has 1 unspecified atom stereocenters. The Bertz CT molecular complexity index is 424. The van der Waals surface area contributed by atoms with Gasteiger partial charge in [0.05, 0.1) is 0 Å². The zero-order valence-electron chi connectivity index (χ0n) is 11.6. The molecule has 0 spiro atoms. The molecule has 2 rings (SSSR count). The predicted octanol–water partition coefficient (Wildman–Crippen LogP) is 0.273. The van der Waals surface area contributed by atoms with Crippen molar-refractivity contribution in [2.75, 3.05) is 33.2 Å². The van der Waals surface area contributed by atoms with E-state index in [1.54, 1.807) is 0 Å². The Hall–Kier alpha value is -1.43. The molecule has 3 N–H and O–H groups in total. The lowest BCUT2D eigenvalue weighted by atomic mass is 10.1. The van der Waals surface area contributed by atoms with Crippen molar-refractivity contribution in [1.29, 1.82) is 0 Å². The van der Waals surface area contributed by atoms with E-state index in [0.717, 1.165) is 37.3 Å². The molecule has 1 fully saturated rings. The first-order chi connectivity index (χ1) is 9.06. The van der Waals surface area contributed by atoms with Crippen molar-refractivity contribution in [3.8, 4) is 0 Å². The monoisotopic (exact) mass is 262 g/mol. The van der Waals surface area contributed by atoms with Crippen molar-refractivity contribution in [2.24, 2.45) is 5.73 Å². The minimum absolute atomic E-state index is 0.145. The Morgan fingerprint density at radius 2 is 1.79 bits per heavy atom. The van der Waals surface area contributed by atoms with Crippen LogP contribution in [0.25, 0.3) is 0 Å². The number of hydrogen-bond donors (Lipinski definition) is 2. The van der Waals surface area contributed by atoms with E-state index < -0.39 is 6.04 Å². The molecule has 0 bridgehead atoms. The van der Waals surface area contributed by atoms with Crippen molar-refractivity contribution in [3.63, 3.8) is 0 Å². The van der Waals surface area contributed by atoms with Crippen LogP contribution in [-0.4, -0.2) is 49.0 Å². The normalized spacial score (nSPS) is 19.1. The fourth-order valence-corrected chi connectivity index (χ4v) is 2.07. The number of benzene rings is 1. The Kier molecular flexibility index (Phi) is 4.52. The Labute approximate surface area is 114 Å². The van der Waals surface area contributed by atoms with Crippen molar-refractivity contribution in [3.05, 3.63) is 35.4 Å². The fraction of sp³-hybridized carbons (Fsp3) is 0.500. The second-order valence-corrected chi connectivity index (χ2v) is 5.15. The van der Waals surface area contributed by atoms with Gasteiger partial charge in [0.25, 0.3) is 5.91 Å². The van der Waals surface area contributed by atoms with E-state index in [0.29, 0.717) is 0 Å². The number of carbonyl (C=O) groups is 1. The molecular formula is C14H22N4O. The molecule has 1 aromatic rings. The van der Waals surface area contributed by atoms with Crippen molar-refractivity contribution < 1.29 is 4.79 Å². The van der Waals surface area contributed by atoms with Crippen LogP contribution in [0.1, 0.15) is 17.2 Å². The van der Waals surface area contributed by atoms with Crippen molar-refractivity contribution >= 4 is 5.91 Å². The number of amides is 1. The van der Waals surface area contributed by atoms with E-state index in [1.165, 1.54) is 0 Å². The average Bonchev–Trinajstić information content (AvgIpc) is 2.41. The van der Waals surface area contributed by atoms with E-state index in [9.17, 15) is 4.79 Å². The number of rotatable bonds is 3. The van der Waals surface area contributed by atoms with E-state index in [-0.39, 0.29) is 5.91 Å². The zero-order valence-corrected chi connectivity index (χ0v) is 11.6. The largest absolute Gasteiger partial charge is 0.316 e. The number of nitrogens with one attached hydrogen (secondary N) is 1. The van der Waals surface area contributed by atoms with E-state index in [4.69, 9.17) is 5.73 Å². The van der Waals surface area contributed by atoms with E-state index in [1.807, 2.05) is 36.2 Å². The standard InChI is InChI=1S/C14H22N4O/c1-11-3-5-12(6-4-11)13(15)14(19)16-18-9-7-17(2)8-10-18/h3-6,13H,7-10,15H2,1-2H3,(H,16,19). The molecule has 5 nitrogen and oxygen atoms in total. The topological polar surface area (TPSA) is 61.6 Å².